The molecular weight excluding hydrogens is 284 g/mol. The molecule has 0 spiro atoms. The Hall–Kier alpha value is -1.11. The smallest absolute Gasteiger partial charge is 0.195 e. The number of ether oxygens (including phenoxy) is 1. The van der Waals surface area contributed by atoms with Gasteiger partial charge in [0.15, 0.2) is 10.8 Å². The van der Waals surface area contributed by atoms with E-state index in [4.69, 9.17) is 9.72 Å². The average Bonchev–Trinajstić information content (AvgIpc) is 3.13. The fourth-order valence-corrected chi connectivity index (χ4v) is 3.56. The van der Waals surface area contributed by atoms with E-state index in [1.165, 1.54) is 5.69 Å². The highest BCUT2D eigenvalue weighted by molar-refractivity contribution is 7.15. The Kier molecular flexibility index (Phi) is 4.47. The first-order valence-corrected chi connectivity index (χ1v) is 8.50. The molecule has 3 heterocycles. The number of thiazole rings is 1. The Morgan fingerprint density at radius 2 is 2.38 bits per heavy atom. The lowest BCUT2D eigenvalue weighted by molar-refractivity contribution is 0.121. The van der Waals surface area contributed by atoms with E-state index in [-0.39, 0.29) is 0 Å². The number of nitrogens with one attached hydrogen (secondary N) is 1. The Balaban J connectivity index is 1.82. The predicted octanol–water partition coefficient (Wildman–Crippen LogP) is 2.37. The van der Waals surface area contributed by atoms with Crippen molar-refractivity contribution in [3.05, 3.63) is 17.3 Å². The van der Waals surface area contributed by atoms with Gasteiger partial charge < -0.3 is 15.0 Å². The van der Waals surface area contributed by atoms with Crippen LogP contribution in [-0.4, -0.2) is 42.2 Å². The molecule has 21 heavy (non-hydrogen) atoms. The number of aromatic nitrogens is 2. The molecule has 0 aliphatic carbocycles. The quantitative estimate of drug-likeness (QED) is 0.889. The second kappa shape index (κ2) is 6.34. The van der Waals surface area contributed by atoms with Crippen LogP contribution in [0.25, 0.3) is 4.96 Å². The number of nitrogens with zero attached hydrogens (tertiary/aromatic N) is 3. The molecule has 0 saturated carbocycles. The van der Waals surface area contributed by atoms with Crippen LogP contribution >= 0.6 is 11.3 Å². The molecule has 116 valence electrons. The van der Waals surface area contributed by atoms with Gasteiger partial charge in [0.25, 0.3) is 0 Å². The summed E-state index contributed by atoms with van der Waals surface area (Å²) in [6.45, 7) is 8.32. The van der Waals surface area contributed by atoms with E-state index in [1.807, 2.05) is 0 Å². The molecule has 6 heteroatoms. The Labute approximate surface area is 129 Å². The van der Waals surface area contributed by atoms with Gasteiger partial charge in [-0.05, 0) is 18.9 Å². The van der Waals surface area contributed by atoms with E-state index in [9.17, 15) is 0 Å². The molecule has 1 atom stereocenters. The van der Waals surface area contributed by atoms with Gasteiger partial charge in [-0.15, -0.1) is 11.3 Å². The van der Waals surface area contributed by atoms with Gasteiger partial charge >= 0.3 is 0 Å². The van der Waals surface area contributed by atoms with E-state index >= 15 is 0 Å². The summed E-state index contributed by atoms with van der Waals surface area (Å²) < 4.78 is 7.70. The van der Waals surface area contributed by atoms with Crippen LogP contribution in [0.1, 0.15) is 26.0 Å². The molecule has 2 aromatic heterocycles. The molecule has 0 radical (unpaired) electrons. The van der Waals surface area contributed by atoms with Gasteiger partial charge in [-0.25, -0.2) is 4.98 Å². The molecule has 1 unspecified atom stereocenters. The van der Waals surface area contributed by atoms with Crippen molar-refractivity contribution in [1.82, 2.24) is 14.7 Å². The SMILES string of the molecule is COC1CCN(c2nc3sccn3c2CNCC(C)C)C1. The third kappa shape index (κ3) is 3.07. The highest BCUT2D eigenvalue weighted by atomic mass is 32.1. The molecule has 2 aromatic rings. The van der Waals surface area contributed by atoms with Gasteiger partial charge in [0, 0.05) is 38.3 Å². The Bertz CT molecular complexity index is 592. The molecule has 1 N–H and O–H groups in total. The third-order valence-corrected chi connectivity index (χ3v) is 4.72. The monoisotopic (exact) mass is 308 g/mol. The van der Waals surface area contributed by atoms with Crippen molar-refractivity contribution in [2.75, 3.05) is 31.6 Å². The standard InChI is InChI=1S/C15H24N4OS/c1-11(2)8-16-9-13-14(17-15-19(13)6-7-21-15)18-5-4-12(10-18)20-3/h6-7,11-12,16H,4-5,8-10H2,1-3H3. The first-order chi connectivity index (χ1) is 10.2. The normalized spacial score (nSPS) is 19.2. The predicted molar refractivity (Wildman–Crippen MR) is 87.2 cm³/mol. The van der Waals surface area contributed by atoms with Crippen LogP contribution < -0.4 is 10.2 Å². The van der Waals surface area contributed by atoms with Crippen LogP contribution in [0.4, 0.5) is 5.82 Å². The lowest BCUT2D eigenvalue weighted by Gasteiger charge is -2.18. The molecule has 1 aliphatic heterocycles. The van der Waals surface area contributed by atoms with Crippen LogP contribution in [0.3, 0.4) is 0 Å². The lowest BCUT2D eigenvalue weighted by atomic mass is 10.2. The largest absolute Gasteiger partial charge is 0.380 e. The summed E-state index contributed by atoms with van der Waals surface area (Å²) in [7, 11) is 1.80. The molecule has 3 rings (SSSR count). The summed E-state index contributed by atoms with van der Waals surface area (Å²) >= 11 is 1.69. The molecular formula is C15H24N4OS. The van der Waals surface area contributed by atoms with E-state index in [1.54, 1.807) is 18.4 Å². The zero-order valence-electron chi connectivity index (χ0n) is 13.0. The van der Waals surface area contributed by atoms with E-state index in [0.29, 0.717) is 12.0 Å². The number of anilines is 1. The summed E-state index contributed by atoms with van der Waals surface area (Å²) in [6.07, 6.45) is 3.54. The number of methoxy groups -OCH3 is 1. The Morgan fingerprint density at radius 1 is 1.52 bits per heavy atom. The molecule has 0 amide bonds. The van der Waals surface area contributed by atoms with E-state index < -0.39 is 0 Å². The maximum Gasteiger partial charge on any atom is 0.195 e. The maximum absolute atomic E-state index is 5.48. The average molecular weight is 308 g/mol. The Morgan fingerprint density at radius 3 is 3.10 bits per heavy atom. The van der Waals surface area contributed by atoms with Crippen molar-refractivity contribution in [2.24, 2.45) is 5.92 Å². The first-order valence-electron chi connectivity index (χ1n) is 7.62. The lowest BCUT2D eigenvalue weighted by Crippen LogP contribution is -2.26. The summed E-state index contributed by atoms with van der Waals surface area (Å²) in [4.78, 5) is 8.27. The zero-order valence-corrected chi connectivity index (χ0v) is 13.8. The topological polar surface area (TPSA) is 41.8 Å². The number of rotatable bonds is 6. The second-order valence-electron chi connectivity index (χ2n) is 6.05. The number of hydrogen-bond acceptors (Lipinski definition) is 5. The van der Waals surface area contributed by atoms with Gasteiger partial charge in [-0.3, -0.25) is 4.40 Å². The number of hydrogen-bond donors (Lipinski definition) is 1. The fourth-order valence-electron chi connectivity index (χ4n) is 2.83. The van der Waals surface area contributed by atoms with Crippen LogP contribution in [0.5, 0.6) is 0 Å². The molecule has 1 fully saturated rings. The van der Waals surface area contributed by atoms with Gasteiger partial charge in [0.2, 0.25) is 0 Å². The van der Waals surface area contributed by atoms with E-state index in [0.717, 1.165) is 43.4 Å². The van der Waals surface area contributed by atoms with Crippen LogP contribution in [0.2, 0.25) is 0 Å². The van der Waals surface area contributed by atoms with Crippen molar-refractivity contribution >= 4 is 22.1 Å². The van der Waals surface area contributed by atoms with Crippen molar-refractivity contribution in [3.8, 4) is 0 Å². The minimum absolute atomic E-state index is 0.334. The van der Waals surface area contributed by atoms with E-state index in [2.05, 4.69) is 40.0 Å². The molecule has 1 saturated heterocycles. The molecule has 0 aromatic carbocycles. The summed E-state index contributed by atoms with van der Waals surface area (Å²) in [5.41, 5.74) is 1.27. The van der Waals surface area contributed by atoms with Gasteiger partial charge in [0.05, 0.1) is 11.8 Å². The first kappa shape index (κ1) is 14.8. The van der Waals surface area contributed by atoms with Crippen molar-refractivity contribution in [3.63, 3.8) is 0 Å². The van der Waals surface area contributed by atoms with Crippen molar-refractivity contribution < 1.29 is 4.74 Å². The zero-order chi connectivity index (χ0) is 14.8. The minimum Gasteiger partial charge on any atom is -0.380 e. The number of fused-ring (bicyclic) bond motifs is 1. The van der Waals surface area contributed by atoms with Gasteiger partial charge in [-0.1, -0.05) is 13.8 Å². The second-order valence-corrected chi connectivity index (χ2v) is 6.93. The van der Waals surface area contributed by atoms with Gasteiger partial charge in [0.1, 0.15) is 0 Å². The van der Waals surface area contributed by atoms with Gasteiger partial charge in [-0.2, -0.15) is 0 Å². The highest BCUT2D eigenvalue weighted by Crippen LogP contribution is 2.28. The summed E-state index contributed by atoms with van der Waals surface area (Å²) in [5, 5.41) is 5.64. The third-order valence-electron chi connectivity index (χ3n) is 3.96. The summed E-state index contributed by atoms with van der Waals surface area (Å²) in [5.74, 6) is 1.78. The maximum atomic E-state index is 5.48. The molecule has 1 aliphatic rings. The highest BCUT2D eigenvalue weighted by Gasteiger charge is 2.27. The van der Waals surface area contributed by atoms with Crippen LogP contribution in [0, 0.1) is 5.92 Å². The molecule has 5 nitrogen and oxygen atoms in total. The van der Waals surface area contributed by atoms with Crippen LogP contribution in [-0.2, 0) is 11.3 Å². The van der Waals surface area contributed by atoms with Crippen molar-refractivity contribution in [1.29, 1.82) is 0 Å². The minimum atomic E-state index is 0.334. The van der Waals surface area contributed by atoms with Crippen LogP contribution in [0.15, 0.2) is 11.6 Å². The van der Waals surface area contributed by atoms with Crippen molar-refractivity contribution in [2.45, 2.75) is 32.9 Å². The fraction of sp³-hybridized carbons (Fsp3) is 0.667. The number of imidazole rings is 1. The summed E-state index contributed by atoms with van der Waals surface area (Å²) in [6, 6.07) is 0. The molecule has 0 bridgehead atoms.